The van der Waals surface area contributed by atoms with Gasteiger partial charge in [0.1, 0.15) is 0 Å². The number of carbonyl (C=O) groups excluding carboxylic acids is 2. The Morgan fingerprint density at radius 3 is 2.28 bits per heavy atom. The normalized spacial score (nSPS) is 10.2. The van der Waals surface area contributed by atoms with Gasteiger partial charge in [0, 0.05) is 43.4 Å². The summed E-state index contributed by atoms with van der Waals surface area (Å²) in [5.41, 5.74) is 1.58. The van der Waals surface area contributed by atoms with Gasteiger partial charge in [-0.1, -0.05) is 30.3 Å². The number of nitrogens with zero attached hydrogens (tertiary/aromatic N) is 1. The zero-order valence-electron chi connectivity index (χ0n) is 14.5. The summed E-state index contributed by atoms with van der Waals surface area (Å²) >= 11 is 1.71. The molecule has 2 rings (SSSR count). The van der Waals surface area contributed by atoms with E-state index in [1.165, 1.54) is 9.80 Å². The van der Waals surface area contributed by atoms with Crippen molar-refractivity contribution in [3.05, 3.63) is 65.7 Å². The van der Waals surface area contributed by atoms with Crippen molar-refractivity contribution in [2.45, 2.75) is 11.4 Å². The third-order valence-electron chi connectivity index (χ3n) is 3.46. The average Bonchev–Trinajstić information content (AvgIpc) is 2.64. The van der Waals surface area contributed by atoms with Crippen LogP contribution in [0.3, 0.4) is 0 Å². The SMILES string of the molecule is CN(C)C(=O)c1ccc(CNC(=O)NCCSc2ccccc2)cc1. The highest BCUT2D eigenvalue weighted by atomic mass is 32.2. The number of nitrogens with one attached hydrogen (secondary N) is 2. The number of amides is 3. The number of hydrogen-bond donors (Lipinski definition) is 2. The number of thioether (sulfide) groups is 1. The lowest BCUT2D eigenvalue weighted by Crippen LogP contribution is -2.36. The van der Waals surface area contributed by atoms with E-state index >= 15 is 0 Å². The van der Waals surface area contributed by atoms with Crippen molar-refractivity contribution >= 4 is 23.7 Å². The molecule has 2 N–H and O–H groups in total. The molecule has 2 aromatic carbocycles. The van der Waals surface area contributed by atoms with Crippen LogP contribution in [0, 0.1) is 0 Å². The van der Waals surface area contributed by atoms with Crippen LogP contribution in [0.4, 0.5) is 4.79 Å². The van der Waals surface area contributed by atoms with Gasteiger partial charge in [-0.05, 0) is 29.8 Å². The minimum Gasteiger partial charge on any atom is -0.345 e. The quantitative estimate of drug-likeness (QED) is 0.592. The van der Waals surface area contributed by atoms with Crippen LogP contribution in [0.15, 0.2) is 59.5 Å². The number of urea groups is 1. The van der Waals surface area contributed by atoms with Gasteiger partial charge in [-0.3, -0.25) is 4.79 Å². The van der Waals surface area contributed by atoms with Crippen LogP contribution in [0.1, 0.15) is 15.9 Å². The maximum Gasteiger partial charge on any atom is 0.315 e. The molecule has 0 atom stereocenters. The first-order valence-electron chi connectivity index (χ1n) is 8.06. The molecule has 0 unspecified atom stereocenters. The summed E-state index contributed by atoms with van der Waals surface area (Å²) in [4.78, 5) is 26.3. The molecule has 0 spiro atoms. The zero-order chi connectivity index (χ0) is 18.1. The van der Waals surface area contributed by atoms with Gasteiger partial charge in [-0.2, -0.15) is 0 Å². The number of benzene rings is 2. The molecule has 6 heteroatoms. The minimum atomic E-state index is -0.192. The maximum absolute atomic E-state index is 11.8. The fourth-order valence-corrected chi connectivity index (χ4v) is 2.91. The molecule has 0 radical (unpaired) electrons. The van der Waals surface area contributed by atoms with Crippen LogP contribution in [0.2, 0.25) is 0 Å². The lowest BCUT2D eigenvalue weighted by atomic mass is 10.1. The van der Waals surface area contributed by atoms with E-state index in [0.717, 1.165) is 11.3 Å². The lowest BCUT2D eigenvalue weighted by Gasteiger charge is -2.11. The molecule has 2 aromatic rings. The molecule has 0 saturated heterocycles. The van der Waals surface area contributed by atoms with Crippen molar-refractivity contribution in [2.24, 2.45) is 0 Å². The molecule has 0 aliphatic carbocycles. The van der Waals surface area contributed by atoms with Crippen LogP contribution < -0.4 is 10.6 Å². The summed E-state index contributed by atoms with van der Waals surface area (Å²) in [6, 6.07) is 17.1. The second kappa shape index (κ2) is 9.74. The summed E-state index contributed by atoms with van der Waals surface area (Å²) in [7, 11) is 3.44. The van der Waals surface area contributed by atoms with E-state index in [-0.39, 0.29) is 11.9 Å². The Labute approximate surface area is 152 Å². The largest absolute Gasteiger partial charge is 0.345 e. The van der Waals surface area contributed by atoms with Crippen molar-refractivity contribution < 1.29 is 9.59 Å². The van der Waals surface area contributed by atoms with E-state index in [1.807, 2.05) is 30.3 Å². The highest BCUT2D eigenvalue weighted by Crippen LogP contribution is 2.15. The standard InChI is InChI=1S/C19H23N3O2S/c1-22(2)18(23)16-10-8-15(9-11-16)14-21-19(24)20-12-13-25-17-6-4-3-5-7-17/h3-11H,12-14H2,1-2H3,(H2,20,21,24). The minimum absolute atomic E-state index is 0.0341. The highest BCUT2D eigenvalue weighted by molar-refractivity contribution is 7.99. The van der Waals surface area contributed by atoms with E-state index in [9.17, 15) is 9.59 Å². The van der Waals surface area contributed by atoms with Crippen LogP contribution in [0.5, 0.6) is 0 Å². The van der Waals surface area contributed by atoms with Crippen molar-refractivity contribution in [2.75, 3.05) is 26.4 Å². The van der Waals surface area contributed by atoms with Gasteiger partial charge >= 0.3 is 6.03 Å². The van der Waals surface area contributed by atoms with Crippen molar-refractivity contribution in [3.63, 3.8) is 0 Å². The topological polar surface area (TPSA) is 61.4 Å². The molecule has 0 aliphatic rings. The fourth-order valence-electron chi connectivity index (χ4n) is 2.12. The predicted octanol–water partition coefficient (Wildman–Crippen LogP) is 2.98. The molecule has 0 aromatic heterocycles. The Hall–Kier alpha value is -2.47. The first kappa shape index (κ1) is 18.9. The third-order valence-corrected chi connectivity index (χ3v) is 4.47. The van der Waals surface area contributed by atoms with E-state index in [4.69, 9.17) is 0 Å². The van der Waals surface area contributed by atoms with Gasteiger partial charge in [0.2, 0.25) is 0 Å². The molecule has 25 heavy (non-hydrogen) atoms. The zero-order valence-corrected chi connectivity index (χ0v) is 15.3. The number of hydrogen-bond acceptors (Lipinski definition) is 3. The van der Waals surface area contributed by atoms with Gasteiger partial charge in [0.05, 0.1) is 0 Å². The van der Waals surface area contributed by atoms with E-state index in [1.54, 1.807) is 38.0 Å². The van der Waals surface area contributed by atoms with E-state index in [0.29, 0.717) is 18.7 Å². The molecule has 0 aliphatic heterocycles. The average molecular weight is 357 g/mol. The molecule has 0 bridgehead atoms. The molecular formula is C19H23N3O2S. The third kappa shape index (κ3) is 6.51. The van der Waals surface area contributed by atoms with E-state index < -0.39 is 0 Å². The van der Waals surface area contributed by atoms with Gasteiger partial charge in [0.15, 0.2) is 0 Å². The Kier molecular flexibility index (Phi) is 7.35. The second-order valence-corrected chi connectivity index (χ2v) is 6.84. The van der Waals surface area contributed by atoms with Gasteiger partial charge in [-0.25, -0.2) is 4.79 Å². The molecule has 132 valence electrons. The highest BCUT2D eigenvalue weighted by Gasteiger charge is 2.07. The van der Waals surface area contributed by atoms with Gasteiger partial charge < -0.3 is 15.5 Å². The molecular weight excluding hydrogens is 334 g/mol. The summed E-state index contributed by atoms with van der Waals surface area (Å²) in [5.74, 6) is 0.784. The fraction of sp³-hybridized carbons (Fsp3) is 0.263. The number of rotatable bonds is 7. The summed E-state index contributed by atoms with van der Waals surface area (Å²) in [6.45, 7) is 1.02. The second-order valence-electron chi connectivity index (χ2n) is 5.67. The summed E-state index contributed by atoms with van der Waals surface area (Å²) in [5, 5.41) is 5.65. The lowest BCUT2D eigenvalue weighted by molar-refractivity contribution is 0.0827. The monoisotopic (exact) mass is 357 g/mol. The Balaban J connectivity index is 1.67. The Bertz CT molecular complexity index is 688. The van der Waals surface area contributed by atoms with Crippen LogP contribution in [-0.2, 0) is 6.54 Å². The van der Waals surface area contributed by atoms with Crippen molar-refractivity contribution in [3.8, 4) is 0 Å². The first-order chi connectivity index (χ1) is 12.1. The first-order valence-corrected chi connectivity index (χ1v) is 9.05. The van der Waals surface area contributed by atoms with Gasteiger partial charge in [-0.15, -0.1) is 11.8 Å². The summed E-state index contributed by atoms with van der Waals surface area (Å²) in [6.07, 6.45) is 0. The molecule has 0 saturated carbocycles. The van der Waals surface area contributed by atoms with Crippen LogP contribution in [0.25, 0.3) is 0 Å². The smallest absolute Gasteiger partial charge is 0.315 e. The van der Waals surface area contributed by atoms with Crippen molar-refractivity contribution in [1.82, 2.24) is 15.5 Å². The number of carbonyl (C=O) groups is 2. The predicted molar refractivity (Wildman–Crippen MR) is 102 cm³/mol. The molecule has 0 fully saturated rings. The van der Waals surface area contributed by atoms with E-state index in [2.05, 4.69) is 22.8 Å². The van der Waals surface area contributed by atoms with Crippen LogP contribution in [-0.4, -0.2) is 43.2 Å². The molecule has 0 heterocycles. The van der Waals surface area contributed by atoms with Crippen molar-refractivity contribution in [1.29, 1.82) is 0 Å². The summed E-state index contributed by atoms with van der Waals surface area (Å²) < 4.78 is 0. The molecule has 5 nitrogen and oxygen atoms in total. The maximum atomic E-state index is 11.8. The Morgan fingerprint density at radius 2 is 1.64 bits per heavy atom. The van der Waals surface area contributed by atoms with Gasteiger partial charge in [0.25, 0.3) is 5.91 Å². The molecule has 3 amide bonds. The Morgan fingerprint density at radius 1 is 0.960 bits per heavy atom. The van der Waals surface area contributed by atoms with Crippen LogP contribution >= 0.6 is 11.8 Å².